The molecule has 0 bridgehead atoms. The van der Waals surface area contributed by atoms with Gasteiger partial charge in [0.1, 0.15) is 17.2 Å². The lowest BCUT2D eigenvalue weighted by Crippen LogP contribution is -2.27. The first-order chi connectivity index (χ1) is 9.45. The van der Waals surface area contributed by atoms with E-state index < -0.39 is 5.60 Å². The monoisotopic (exact) mass is 293 g/mol. The van der Waals surface area contributed by atoms with Gasteiger partial charge in [-0.3, -0.25) is 0 Å². The lowest BCUT2D eigenvalue weighted by molar-refractivity contribution is 0.117. The zero-order valence-electron chi connectivity index (χ0n) is 14.1. The average Bonchev–Trinajstić information content (AvgIpc) is 2.67. The number of ether oxygens (including phenoxy) is 1. The molecule has 0 fully saturated rings. The van der Waals surface area contributed by atoms with Crippen molar-refractivity contribution in [1.29, 1.82) is 0 Å². The molecule has 0 unspecified atom stereocenters. The summed E-state index contributed by atoms with van der Waals surface area (Å²) in [6, 6.07) is 0. The number of anilines is 1. The van der Waals surface area contributed by atoms with Gasteiger partial charge < -0.3 is 20.8 Å². The molecule has 0 aliphatic heterocycles. The maximum absolute atomic E-state index is 6.21. The van der Waals surface area contributed by atoms with Crippen molar-refractivity contribution < 1.29 is 4.74 Å². The molecular formula is C15H27N5O. The van der Waals surface area contributed by atoms with Crippen molar-refractivity contribution >= 4 is 11.7 Å². The third kappa shape index (κ3) is 4.51. The van der Waals surface area contributed by atoms with E-state index >= 15 is 0 Å². The smallest absolute Gasteiger partial charge is 0.246 e. The SMILES string of the molecule is C/C=C(N)\N=C(\OC(C)(C)C)c1ncn(C(C)(C)C)c1N. The van der Waals surface area contributed by atoms with Crippen LogP contribution in [0.1, 0.15) is 54.2 Å². The predicted molar refractivity (Wildman–Crippen MR) is 87.0 cm³/mol. The molecule has 6 nitrogen and oxygen atoms in total. The Morgan fingerprint density at radius 2 is 1.86 bits per heavy atom. The molecule has 1 heterocycles. The number of nitrogen functional groups attached to an aromatic ring is 1. The molecule has 0 amide bonds. The van der Waals surface area contributed by atoms with E-state index in [1.807, 2.05) is 32.3 Å². The molecule has 1 aromatic rings. The highest BCUT2D eigenvalue weighted by Gasteiger charge is 2.25. The largest absolute Gasteiger partial charge is 0.470 e. The minimum Gasteiger partial charge on any atom is -0.470 e. The van der Waals surface area contributed by atoms with Crippen LogP contribution in [0.4, 0.5) is 5.82 Å². The third-order valence-electron chi connectivity index (χ3n) is 2.66. The van der Waals surface area contributed by atoms with E-state index in [1.54, 1.807) is 12.4 Å². The molecule has 4 N–H and O–H groups in total. The minimum atomic E-state index is -0.426. The molecule has 118 valence electrons. The molecule has 1 aromatic heterocycles. The molecule has 6 heteroatoms. The number of nitrogens with zero attached hydrogens (tertiary/aromatic N) is 3. The molecule has 1 rings (SSSR count). The first-order valence-electron chi connectivity index (χ1n) is 6.99. The fourth-order valence-electron chi connectivity index (χ4n) is 1.65. The van der Waals surface area contributed by atoms with Gasteiger partial charge >= 0.3 is 0 Å². The molecule has 0 aromatic carbocycles. The summed E-state index contributed by atoms with van der Waals surface area (Å²) in [4.78, 5) is 8.64. The van der Waals surface area contributed by atoms with Crippen molar-refractivity contribution in [1.82, 2.24) is 9.55 Å². The first-order valence-corrected chi connectivity index (χ1v) is 6.99. The van der Waals surface area contributed by atoms with E-state index in [0.29, 0.717) is 23.2 Å². The van der Waals surface area contributed by atoms with E-state index in [1.165, 1.54) is 0 Å². The van der Waals surface area contributed by atoms with Crippen LogP contribution in [-0.4, -0.2) is 21.0 Å². The standard InChI is InChI=1S/C15H27N5O/c1-8-10(16)19-13(21-15(5,6)7)11-12(17)20(9-18-11)14(2,3)4/h8-9H,16-17H2,1-7H3/b10-8-,19-13+. The number of hydrogen-bond acceptors (Lipinski definition) is 5. The normalized spacial score (nSPS) is 14.4. The Labute approximate surface area is 126 Å². The highest BCUT2D eigenvalue weighted by molar-refractivity contribution is 5.97. The zero-order valence-corrected chi connectivity index (χ0v) is 14.1. The Bertz CT molecular complexity index is 556. The summed E-state index contributed by atoms with van der Waals surface area (Å²) in [5, 5.41) is 0. The molecule has 0 aliphatic carbocycles. The molecule has 0 saturated heterocycles. The van der Waals surface area contributed by atoms with Crippen LogP contribution in [0.5, 0.6) is 0 Å². The van der Waals surface area contributed by atoms with Gasteiger partial charge in [0.05, 0.1) is 6.33 Å². The van der Waals surface area contributed by atoms with Crippen molar-refractivity contribution in [3.8, 4) is 0 Å². The summed E-state index contributed by atoms with van der Waals surface area (Å²) in [6.07, 6.45) is 3.39. The van der Waals surface area contributed by atoms with Gasteiger partial charge in [0, 0.05) is 5.54 Å². The Morgan fingerprint density at radius 1 is 1.29 bits per heavy atom. The van der Waals surface area contributed by atoms with E-state index in [2.05, 4.69) is 30.7 Å². The third-order valence-corrected chi connectivity index (χ3v) is 2.66. The number of nitrogens with two attached hydrogens (primary N) is 2. The van der Waals surface area contributed by atoms with Crippen LogP contribution in [0.2, 0.25) is 0 Å². The van der Waals surface area contributed by atoms with Crippen LogP contribution >= 0.6 is 0 Å². The van der Waals surface area contributed by atoms with E-state index in [0.717, 1.165) is 0 Å². The van der Waals surface area contributed by atoms with Crippen molar-refractivity contribution in [3.05, 3.63) is 23.9 Å². The highest BCUT2D eigenvalue weighted by atomic mass is 16.5. The van der Waals surface area contributed by atoms with Gasteiger partial charge in [-0.05, 0) is 54.5 Å². The second-order valence-electron chi connectivity index (χ2n) is 6.86. The zero-order chi connectivity index (χ0) is 16.4. The van der Waals surface area contributed by atoms with Crippen molar-refractivity contribution in [3.63, 3.8) is 0 Å². The second kappa shape index (κ2) is 5.79. The fraction of sp³-hybridized carbons (Fsp3) is 0.600. The summed E-state index contributed by atoms with van der Waals surface area (Å²) >= 11 is 0. The van der Waals surface area contributed by atoms with E-state index in [4.69, 9.17) is 16.2 Å². The van der Waals surface area contributed by atoms with E-state index in [-0.39, 0.29) is 5.54 Å². The van der Waals surface area contributed by atoms with Crippen LogP contribution in [-0.2, 0) is 10.3 Å². The number of allylic oxidation sites excluding steroid dienone is 1. The van der Waals surface area contributed by atoms with Crippen LogP contribution < -0.4 is 11.5 Å². The van der Waals surface area contributed by atoms with Crippen molar-refractivity contribution in [2.24, 2.45) is 10.7 Å². The number of hydrogen-bond donors (Lipinski definition) is 2. The Kier molecular flexibility index (Phi) is 4.71. The van der Waals surface area contributed by atoms with Gasteiger partial charge in [-0.1, -0.05) is 0 Å². The molecule has 21 heavy (non-hydrogen) atoms. The molecule has 0 saturated carbocycles. The predicted octanol–water partition coefficient (Wildman–Crippen LogP) is 2.60. The van der Waals surface area contributed by atoms with Crippen molar-refractivity contribution in [2.45, 2.75) is 59.6 Å². The number of aliphatic imine (C=N–C) groups is 1. The van der Waals surface area contributed by atoms with Crippen molar-refractivity contribution in [2.75, 3.05) is 5.73 Å². The van der Waals surface area contributed by atoms with Gasteiger partial charge in [-0.2, -0.15) is 4.99 Å². The topological polar surface area (TPSA) is 91.5 Å². The van der Waals surface area contributed by atoms with Gasteiger partial charge in [-0.25, -0.2) is 4.98 Å². The first kappa shape index (κ1) is 17.1. The van der Waals surface area contributed by atoms with Crippen LogP contribution in [0.25, 0.3) is 0 Å². The molecule has 0 radical (unpaired) electrons. The molecular weight excluding hydrogens is 266 g/mol. The summed E-state index contributed by atoms with van der Waals surface area (Å²) in [5.41, 5.74) is 11.9. The van der Waals surface area contributed by atoms with Gasteiger partial charge in [0.2, 0.25) is 5.90 Å². The maximum atomic E-state index is 6.21. The highest BCUT2D eigenvalue weighted by Crippen LogP contribution is 2.23. The molecule has 0 spiro atoms. The average molecular weight is 293 g/mol. The Balaban J connectivity index is 3.35. The number of aromatic nitrogens is 2. The quantitative estimate of drug-likeness (QED) is 0.647. The van der Waals surface area contributed by atoms with Gasteiger partial charge in [-0.15, -0.1) is 0 Å². The number of imidazole rings is 1. The maximum Gasteiger partial charge on any atom is 0.246 e. The Morgan fingerprint density at radius 3 is 2.24 bits per heavy atom. The lowest BCUT2D eigenvalue weighted by Gasteiger charge is -2.24. The fourth-order valence-corrected chi connectivity index (χ4v) is 1.65. The summed E-state index contributed by atoms with van der Waals surface area (Å²) in [5.74, 6) is 1.20. The second-order valence-corrected chi connectivity index (χ2v) is 6.86. The summed E-state index contributed by atoms with van der Waals surface area (Å²) < 4.78 is 7.76. The molecule has 0 atom stereocenters. The van der Waals surface area contributed by atoms with Crippen LogP contribution in [0, 0.1) is 0 Å². The van der Waals surface area contributed by atoms with Crippen LogP contribution in [0.15, 0.2) is 23.2 Å². The van der Waals surface area contributed by atoms with Gasteiger partial charge in [0.15, 0.2) is 5.69 Å². The van der Waals surface area contributed by atoms with Crippen LogP contribution in [0.3, 0.4) is 0 Å². The molecule has 0 aliphatic rings. The lowest BCUT2D eigenvalue weighted by atomic mass is 10.1. The summed E-state index contributed by atoms with van der Waals surface area (Å²) in [7, 11) is 0. The van der Waals surface area contributed by atoms with E-state index in [9.17, 15) is 0 Å². The minimum absolute atomic E-state index is 0.172. The van der Waals surface area contributed by atoms with Gasteiger partial charge in [0.25, 0.3) is 0 Å². The summed E-state index contributed by atoms with van der Waals surface area (Å²) in [6.45, 7) is 13.8. The number of rotatable bonds is 2. The Hall–Kier alpha value is -1.98.